The van der Waals surface area contributed by atoms with E-state index in [9.17, 15) is 4.79 Å². The van der Waals surface area contributed by atoms with E-state index in [0.717, 1.165) is 22.0 Å². The second kappa shape index (κ2) is 8.03. The molecule has 0 unspecified atom stereocenters. The lowest BCUT2D eigenvalue weighted by Gasteiger charge is -2.04. The average molecular weight is 356 g/mol. The van der Waals surface area contributed by atoms with Gasteiger partial charge in [0.15, 0.2) is 5.13 Å². The number of hydrogen-bond donors (Lipinski definition) is 1. The van der Waals surface area contributed by atoms with E-state index in [1.165, 1.54) is 11.3 Å². The third kappa shape index (κ3) is 4.62. The molecular weight excluding hydrogens is 340 g/mol. The smallest absolute Gasteiger partial charge is 0.226 e. The Morgan fingerprint density at radius 3 is 2.83 bits per heavy atom. The summed E-state index contributed by atoms with van der Waals surface area (Å²) in [4.78, 5) is 24.7. The van der Waals surface area contributed by atoms with E-state index >= 15 is 0 Å². The van der Waals surface area contributed by atoms with Gasteiger partial charge in [-0.05, 0) is 13.0 Å². The second-order valence-corrected chi connectivity index (χ2v) is 7.02. The number of amides is 1. The van der Waals surface area contributed by atoms with Gasteiger partial charge >= 0.3 is 0 Å². The summed E-state index contributed by atoms with van der Waals surface area (Å²) < 4.78 is 0. The summed E-state index contributed by atoms with van der Waals surface area (Å²) >= 11 is 2.98. The van der Waals surface area contributed by atoms with Crippen molar-refractivity contribution in [3.63, 3.8) is 0 Å². The Kier molecular flexibility index (Phi) is 5.55. The van der Waals surface area contributed by atoms with Gasteiger partial charge in [0, 0.05) is 23.1 Å². The van der Waals surface area contributed by atoms with Crippen LogP contribution in [0.2, 0.25) is 0 Å². The van der Waals surface area contributed by atoms with Crippen LogP contribution in [0.5, 0.6) is 0 Å². The fourth-order valence-corrected chi connectivity index (χ4v) is 3.54. The molecule has 0 bridgehead atoms. The molecule has 0 spiro atoms. The van der Waals surface area contributed by atoms with Gasteiger partial charge in [-0.15, -0.1) is 23.1 Å². The molecule has 3 rings (SSSR count). The molecule has 0 saturated carbocycles. The second-order valence-electron chi connectivity index (χ2n) is 5.05. The van der Waals surface area contributed by atoms with Crippen molar-refractivity contribution in [2.45, 2.75) is 18.4 Å². The molecular formula is C17H16N4OS2. The number of aryl methyl sites for hydroxylation is 1. The Labute approximate surface area is 148 Å². The third-order valence-electron chi connectivity index (χ3n) is 3.16. The lowest BCUT2D eigenvalue weighted by molar-refractivity contribution is -0.115. The zero-order valence-electron chi connectivity index (χ0n) is 13.1. The van der Waals surface area contributed by atoms with Crippen LogP contribution in [0, 0.1) is 6.92 Å². The van der Waals surface area contributed by atoms with Gasteiger partial charge in [0.25, 0.3) is 0 Å². The lowest BCUT2D eigenvalue weighted by Crippen LogP contribution is -2.12. The van der Waals surface area contributed by atoms with Crippen LogP contribution in [0.3, 0.4) is 0 Å². The fourth-order valence-electron chi connectivity index (χ4n) is 2.03. The van der Waals surface area contributed by atoms with Gasteiger partial charge < -0.3 is 5.32 Å². The molecule has 1 amide bonds. The molecule has 0 saturated heterocycles. The van der Waals surface area contributed by atoms with Gasteiger partial charge in [-0.2, -0.15) is 0 Å². The minimum Gasteiger partial charge on any atom is -0.302 e. The predicted octanol–water partition coefficient (Wildman–Crippen LogP) is 4.03. The fraction of sp³-hybridized carbons (Fsp3) is 0.176. The summed E-state index contributed by atoms with van der Waals surface area (Å²) in [6.07, 6.45) is 1.97. The highest BCUT2D eigenvalue weighted by Gasteiger charge is 2.07. The number of carbonyl (C=O) groups is 1. The number of aromatic nitrogens is 3. The molecule has 122 valence electrons. The van der Waals surface area contributed by atoms with Crippen molar-refractivity contribution >= 4 is 34.1 Å². The van der Waals surface area contributed by atoms with Crippen LogP contribution < -0.4 is 5.32 Å². The van der Waals surface area contributed by atoms with Crippen molar-refractivity contribution in [1.82, 2.24) is 15.0 Å². The van der Waals surface area contributed by atoms with Crippen LogP contribution in [0.1, 0.15) is 12.1 Å². The number of nitrogens with one attached hydrogen (secondary N) is 1. The summed E-state index contributed by atoms with van der Waals surface area (Å²) in [6, 6.07) is 11.9. The van der Waals surface area contributed by atoms with Crippen LogP contribution in [-0.4, -0.2) is 26.6 Å². The highest BCUT2D eigenvalue weighted by Crippen LogP contribution is 2.22. The summed E-state index contributed by atoms with van der Waals surface area (Å²) in [7, 11) is 0. The molecule has 5 nitrogen and oxygen atoms in total. The molecule has 7 heteroatoms. The first-order valence-corrected chi connectivity index (χ1v) is 9.29. The Hall–Kier alpha value is -2.25. The topological polar surface area (TPSA) is 67.8 Å². The minimum atomic E-state index is -0.0332. The molecule has 1 aromatic carbocycles. The Bertz CT molecular complexity index is 820. The first-order valence-electron chi connectivity index (χ1n) is 7.43. The maximum atomic E-state index is 11.9. The molecule has 2 heterocycles. The zero-order valence-corrected chi connectivity index (χ0v) is 14.7. The van der Waals surface area contributed by atoms with Crippen LogP contribution in [0.4, 0.5) is 5.13 Å². The number of thiazole rings is 1. The minimum absolute atomic E-state index is 0.0332. The molecule has 24 heavy (non-hydrogen) atoms. The van der Waals surface area contributed by atoms with E-state index in [-0.39, 0.29) is 5.91 Å². The Morgan fingerprint density at radius 2 is 2.08 bits per heavy atom. The van der Waals surface area contributed by atoms with Crippen molar-refractivity contribution in [2.24, 2.45) is 0 Å². The average Bonchev–Trinajstić information content (AvgIpc) is 3.01. The molecule has 0 fully saturated rings. The van der Waals surface area contributed by atoms with E-state index in [2.05, 4.69) is 20.3 Å². The predicted molar refractivity (Wildman–Crippen MR) is 98.3 cm³/mol. The maximum absolute atomic E-state index is 11.9. The van der Waals surface area contributed by atoms with E-state index in [4.69, 9.17) is 0 Å². The standard InChI is InChI=1S/C17H16N4OS2/c1-12-10-24-17(20-12)21-15(22)7-8-23-16-9-14(18-11-19-16)13-5-3-2-4-6-13/h2-6,9-11H,7-8H2,1H3,(H,20,21,22). The van der Waals surface area contributed by atoms with Crippen LogP contribution in [0.15, 0.2) is 53.1 Å². The number of nitrogens with zero attached hydrogens (tertiary/aromatic N) is 3. The highest BCUT2D eigenvalue weighted by molar-refractivity contribution is 7.99. The first-order chi connectivity index (χ1) is 11.7. The van der Waals surface area contributed by atoms with Gasteiger partial charge in [0.2, 0.25) is 5.91 Å². The SMILES string of the molecule is Cc1csc(NC(=O)CCSc2cc(-c3ccccc3)ncn2)n1. The summed E-state index contributed by atoms with van der Waals surface area (Å²) in [5.74, 6) is 0.621. The number of carbonyl (C=O) groups excluding carboxylic acids is 1. The number of thioether (sulfide) groups is 1. The molecule has 2 aromatic heterocycles. The van der Waals surface area contributed by atoms with Crippen molar-refractivity contribution < 1.29 is 4.79 Å². The van der Waals surface area contributed by atoms with E-state index in [1.807, 2.05) is 48.7 Å². The summed E-state index contributed by atoms with van der Waals surface area (Å²) in [5.41, 5.74) is 2.86. The molecule has 0 aliphatic carbocycles. The molecule has 0 radical (unpaired) electrons. The van der Waals surface area contributed by atoms with Gasteiger partial charge in [0.05, 0.1) is 16.4 Å². The van der Waals surface area contributed by atoms with Gasteiger partial charge in [-0.3, -0.25) is 4.79 Å². The molecule has 0 aliphatic rings. The van der Waals surface area contributed by atoms with Crippen LogP contribution in [0.25, 0.3) is 11.3 Å². The van der Waals surface area contributed by atoms with Gasteiger partial charge in [-0.25, -0.2) is 15.0 Å². The van der Waals surface area contributed by atoms with E-state index < -0.39 is 0 Å². The van der Waals surface area contributed by atoms with Crippen molar-refractivity contribution in [3.05, 3.63) is 53.8 Å². The van der Waals surface area contributed by atoms with Gasteiger partial charge in [0.1, 0.15) is 6.33 Å². The number of anilines is 1. The largest absolute Gasteiger partial charge is 0.302 e. The Balaban J connectivity index is 1.52. The summed E-state index contributed by atoms with van der Waals surface area (Å²) in [5, 5.41) is 6.23. The maximum Gasteiger partial charge on any atom is 0.226 e. The number of hydrogen-bond acceptors (Lipinski definition) is 6. The number of rotatable bonds is 6. The van der Waals surface area contributed by atoms with Crippen molar-refractivity contribution in [2.75, 3.05) is 11.1 Å². The number of benzene rings is 1. The van der Waals surface area contributed by atoms with Crippen LogP contribution >= 0.6 is 23.1 Å². The van der Waals surface area contributed by atoms with Gasteiger partial charge in [-0.1, -0.05) is 30.3 Å². The first kappa shape index (κ1) is 16.6. The van der Waals surface area contributed by atoms with Crippen molar-refractivity contribution in [1.29, 1.82) is 0 Å². The molecule has 1 N–H and O–H groups in total. The monoisotopic (exact) mass is 356 g/mol. The zero-order chi connectivity index (χ0) is 16.8. The van der Waals surface area contributed by atoms with E-state index in [1.54, 1.807) is 18.1 Å². The van der Waals surface area contributed by atoms with Crippen LogP contribution in [-0.2, 0) is 4.79 Å². The lowest BCUT2D eigenvalue weighted by atomic mass is 10.1. The quantitative estimate of drug-likeness (QED) is 0.533. The molecule has 0 atom stereocenters. The summed E-state index contributed by atoms with van der Waals surface area (Å²) in [6.45, 7) is 1.90. The molecule has 0 aliphatic heterocycles. The van der Waals surface area contributed by atoms with E-state index in [0.29, 0.717) is 17.3 Å². The normalized spacial score (nSPS) is 10.5. The Morgan fingerprint density at radius 1 is 1.25 bits per heavy atom. The highest BCUT2D eigenvalue weighted by atomic mass is 32.2. The molecule has 3 aromatic rings. The third-order valence-corrected chi connectivity index (χ3v) is 4.96. The van der Waals surface area contributed by atoms with Crippen molar-refractivity contribution in [3.8, 4) is 11.3 Å².